The van der Waals surface area contributed by atoms with Crippen LogP contribution in [0.5, 0.6) is 0 Å². The third-order valence-electron chi connectivity index (χ3n) is 8.42. The van der Waals surface area contributed by atoms with Gasteiger partial charge < -0.3 is 24.5 Å². The Kier molecular flexibility index (Phi) is 8.48. The summed E-state index contributed by atoms with van der Waals surface area (Å²) >= 11 is 0. The molecule has 8 heteroatoms. The van der Waals surface area contributed by atoms with Gasteiger partial charge in [0, 0.05) is 26.7 Å². The van der Waals surface area contributed by atoms with Gasteiger partial charge in [0.25, 0.3) is 0 Å². The second-order valence-corrected chi connectivity index (χ2v) is 10.3. The minimum Gasteiger partial charge on any atom is -0.394 e. The molecule has 3 amide bonds. The van der Waals surface area contributed by atoms with Crippen LogP contribution in [0, 0.1) is 11.8 Å². The van der Waals surface area contributed by atoms with E-state index in [0.29, 0.717) is 45.3 Å². The van der Waals surface area contributed by atoms with Crippen LogP contribution in [0.25, 0.3) is 0 Å². The summed E-state index contributed by atoms with van der Waals surface area (Å²) in [4.78, 5) is 46.9. The van der Waals surface area contributed by atoms with E-state index < -0.39 is 35.1 Å². The van der Waals surface area contributed by atoms with E-state index in [1.54, 1.807) is 33.9 Å². The van der Waals surface area contributed by atoms with Crippen molar-refractivity contribution in [1.29, 1.82) is 0 Å². The minimum atomic E-state index is -1.08. The Hall–Kier alpha value is -2.19. The van der Waals surface area contributed by atoms with E-state index in [1.165, 1.54) is 0 Å². The average Bonchev–Trinajstić information content (AvgIpc) is 3.46. The van der Waals surface area contributed by atoms with Crippen molar-refractivity contribution in [3.8, 4) is 0 Å². The van der Waals surface area contributed by atoms with Crippen LogP contribution in [0.15, 0.2) is 25.3 Å². The summed E-state index contributed by atoms with van der Waals surface area (Å²) in [5, 5.41) is 10.2. The number of likely N-dealkylation sites (tertiary alicyclic amines) is 1. The Balaban J connectivity index is 2.13. The van der Waals surface area contributed by atoms with E-state index in [0.717, 1.165) is 12.8 Å². The normalized spacial score (nSPS) is 31.9. The quantitative estimate of drug-likeness (QED) is 0.401. The summed E-state index contributed by atoms with van der Waals surface area (Å²) in [6.45, 7) is 14.6. The van der Waals surface area contributed by atoms with Crippen molar-refractivity contribution < 1.29 is 24.2 Å². The first kappa shape index (κ1) is 27.4. The number of fused-ring (bicyclic) bond motifs is 1. The summed E-state index contributed by atoms with van der Waals surface area (Å²) in [7, 11) is 1.71. The lowest BCUT2D eigenvalue weighted by Crippen LogP contribution is -2.59. The Morgan fingerprint density at radius 2 is 1.89 bits per heavy atom. The number of unbranched alkanes of at least 4 members (excludes halogenated alkanes) is 1. The monoisotopic (exact) mass is 489 g/mol. The zero-order valence-corrected chi connectivity index (χ0v) is 21.9. The van der Waals surface area contributed by atoms with Gasteiger partial charge in [-0.1, -0.05) is 39.3 Å². The molecule has 0 radical (unpaired) electrons. The summed E-state index contributed by atoms with van der Waals surface area (Å²) in [5.74, 6) is -1.99. The van der Waals surface area contributed by atoms with Gasteiger partial charge in [-0.15, -0.1) is 13.2 Å². The number of aliphatic hydroxyl groups is 1. The molecule has 3 aliphatic heterocycles. The van der Waals surface area contributed by atoms with Crippen molar-refractivity contribution in [3.63, 3.8) is 0 Å². The summed E-state index contributed by atoms with van der Waals surface area (Å²) < 4.78 is 6.80. The average molecular weight is 490 g/mol. The van der Waals surface area contributed by atoms with Crippen LogP contribution in [0.3, 0.4) is 0 Å². The number of hydrogen-bond donors (Lipinski definition) is 1. The third-order valence-corrected chi connectivity index (χ3v) is 8.42. The zero-order valence-electron chi connectivity index (χ0n) is 21.9. The summed E-state index contributed by atoms with van der Waals surface area (Å²) in [5.41, 5.74) is -1.85. The molecule has 1 N–H and O–H groups in total. The second kappa shape index (κ2) is 10.8. The molecule has 8 nitrogen and oxygen atoms in total. The van der Waals surface area contributed by atoms with Crippen molar-refractivity contribution in [2.75, 3.05) is 33.3 Å². The topological polar surface area (TPSA) is 90.4 Å². The molecule has 3 heterocycles. The number of nitrogens with zero attached hydrogens (tertiary/aromatic N) is 3. The van der Waals surface area contributed by atoms with E-state index in [2.05, 4.69) is 20.1 Å². The zero-order chi connectivity index (χ0) is 26.0. The number of aliphatic hydroxyl groups excluding tert-OH is 1. The molecular weight excluding hydrogens is 446 g/mol. The first-order chi connectivity index (χ1) is 16.7. The SMILES string of the molecule is C=CCN(C)C(=O)[C@@H]1[C@H]2C(=O)N([C@@H](CC)CO)C(C(=O)N(CC=C)CCCC)C23CC[C@@]1(CC)O3. The van der Waals surface area contributed by atoms with Gasteiger partial charge in [-0.3, -0.25) is 14.4 Å². The molecule has 6 atom stereocenters. The molecule has 3 aliphatic rings. The lowest BCUT2D eigenvalue weighted by atomic mass is 9.64. The number of likely N-dealkylation sites (N-methyl/N-ethyl adjacent to an activating group) is 1. The number of carbonyl (C=O) groups is 3. The third kappa shape index (κ3) is 4.22. The molecule has 2 bridgehead atoms. The molecule has 3 saturated heterocycles. The molecule has 0 aromatic heterocycles. The van der Waals surface area contributed by atoms with Crippen molar-refractivity contribution in [1.82, 2.24) is 14.7 Å². The molecule has 2 unspecified atom stereocenters. The number of hydrogen-bond acceptors (Lipinski definition) is 5. The lowest BCUT2D eigenvalue weighted by Gasteiger charge is -2.39. The van der Waals surface area contributed by atoms with Gasteiger partial charge in [-0.05, 0) is 32.1 Å². The molecule has 3 fully saturated rings. The first-order valence-corrected chi connectivity index (χ1v) is 13.1. The molecule has 196 valence electrons. The van der Waals surface area contributed by atoms with Crippen LogP contribution in [0.1, 0.15) is 59.3 Å². The fourth-order valence-electron chi connectivity index (χ4n) is 6.61. The second-order valence-electron chi connectivity index (χ2n) is 10.3. The van der Waals surface area contributed by atoms with Crippen molar-refractivity contribution in [3.05, 3.63) is 25.3 Å². The summed E-state index contributed by atoms with van der Waals surface area (Å²) in [6.07, 6.45) is 7.37. The maximum atomic E-state index is 14.2. The van der Waals surface area contributed by atoms with E-state index in [4.69, 9.17) is 4.74 Å². The van der Waals surface area contributed by atoms with Crippen LogP contribution in [0.4, 0.5) is 0 Å². The highest BCUT2D eigenvalue weighted by Gasteiger charge is 2.79. The van der Waals surface area contributed by atoms with Crippen LogP contribution in [0.2, 0.25) is 0 Å². The van der Waals surface area contributed by atoms with Gasteiger partial charge in [-0.25, -0.2) is 0 Å². The van der Waals surface area contributed by atoms with Gasteiger partial charge in [-0.2, -0.15) is 0 Å². The van der Waals surface area contributed by atoms with E-state index in [-0.39, 0.29) is 24.3 Å². The van der Waals surface area contributed by atoms with Gasteiger partial charge >= 0.3 is 0 Å². The predicted octanol–water partition coefficient (Wildman–Crippen LogP) is 2.37. The number of amides is 3. The highest BCUT2D eigenvalue weighted by molar-refractivity contribution is 5.99. The van der Waals surface area contributed by atoms with Crippen LogP contribution < -0.4 is 0 Å². The van der Waals surface area contributed by atoms with E-state index >= 15 is 0 Å². The fraction of sp³-hybridized carbons (Fsp3) is 0.741. The molecule has 0 aliphatic carbocycles. The van der Waals surface area contributed by atoms with Crippen LogP contribution in [-0.4, -0.2) is 94.1 Å². The van der Waals surface area contributed by atoms with E-state index in [1.807, 2.05) is 13.8 Å². The number of rotatable bonds is 13. The smallest absolute Gasteiger partial charge is 0.248 e. The van der Waals surface area contributed by atoms with E-state index in [9.17, 15) is 19.5 Å². The number of carbonyl (C=O) groups excluding carboxylic acids is 3. The van der Waals surface area contributed by atoms with Crippen LogP contribution in [-0.2, 0) is 19.1 Å². The minimum absolute atomic E-state index is 0.147. The Labute approximate surface area is 210 Å². The Morgan fingerprint density at radius 1 is 1.20 bits per heavy atom. The van der Waals surface area contributed by atoms with Gasteiger partial charge in [0.2, 0.25) is 17.7 Å². The Bertz CT molecular complexity index is 843. The van der Waals surface area contributed by atoms with Gasteiger partial charge in [0.1, 0.15) is 11.6 Å². The molecular formula is C27H43N3O5. The standard InChI is InChI=1S/C27H43N3O5/c1-7-12-17-29(16-9-3)25(34)22-27-14-13-26(11-5,35-27)20(23(32)28(6)15-8-2)21(27)24(33)30(22)19(10-4)18-31/h8-9,19-22,31H,2-3,7,10-18H2,1,4-6H3/t19-,20-,21-,22?,26+,27?/m0/s1. The highest BCUT2D eigenvalue weighted by atomic mass is 16.5. The van der Waals surface area contributed by atoms with Crippen molar-refractivity contribution in [2.45, 2.75) is 82.6 Å². The molecule has 3 rings (SSSR count). The van der Waals surface area contributed by atoms with Gasteiger partial charge in [0.05, 0.1) is 30.1 Å². The number of ether oxygens (including phenoxy) is 1. The molecule has 0 saturated carbocycles. The molecule has 1 spiro atoms. The largest absolute Gasteiger partial charge is 0.394 e. The molecule has 0 aromatic rings. The fourth-order valence-corrected chi connectivity index (χ4v) is 6.61. The maximum Gasteiger partial charge on any atom is 0.248 e. The van der Waals surface area contributed by atoms with Gasteiger partial charge in [0.15, 0.2) is 0 Å². The van der Waals surface area contributed by atoms with Crippen LogP contribution >= 0.6 is 0 Å². The Morgan fingerprint density at radius 3 is 2.43 bits per heavy atom. The molecule has 35 heavy (non-hydrogen) atoms. The maximum absolute atomic E-state index is 14.2. The molecule has 0 aromatic carbocycles. The summed E-state index contributed by atoms with van der Waals surface area (Å²) in [6, 6.07) is -1.39. The highest BCUT2D eigenvalue weighted by Crippen LogP contribution is 2.65. The first-order valence-electron chi connectivity index (χ1n) is 13.1. The van der Waals surface area contributed by atoms with Crippen molar-refractivity contribution in [2.24, 2.45) is 11.8 Å². The lowest BCUT2D eigenvalue weighted by molar-refractivity contribution is -0.157. The van der Waals surface area contributed by atoms with Crippen molar-refractivity contribution >= 4 is 17.7 Å². The predicted molar refractivity (Wildman–Crippen MR) is 134 cm³/mol.